The van der Waals surface area contributed by atoms with Gasteiger partial charge in [0, 0.05) is 13.1 Å². The van der Waals surface area contributed by atoms with Crippen LogP contribution in [0.25, 0.3) is 0 Å². The Kier molecular flexibility index (Phi) is 2.81. The number of morpholine rings is 1. The van der Waals surface area contributed by atoms with Gasteiger partial charge in [-0.25, -0.2) is 0 Å². The molecular formula is C13H19NO. The Morgan fingerprint density at radius 3 is 2.60 bits per heavy atom. The summed E-state index contributed by atoms with van der Waals surface area (Å²) < 4.78 is 6.04. The van der Waals surface area contributed by atoms with Gasteiger partial charge < -0.3 is 10.1 Å². The summed E-state index contributed by atoms with van der Waals surface area (Å²) in [4.78, 5) is 0. The molecule has 0 amide bonds. The molecule has 2 atom stereocenters. The average Bonchev–Trinajstić information content (AvgIpc) is 2.18. The zero-order valence-corrected chi connectivity index (χ0v) is 9.71. The van der Waals surface area contributed by atoms with Crippen LogP contribution in [0.1, 0.15) is 25.0 Å². The fourth-order valence-electron chi connectivity index (χ4n) is 2.12. The molecule has 2 heteroatoms. The highest BCUT2D eigenvalue weighted by Gasteiger charge is 2.32. The number of hydrogen-bond acceptors (Lipinski definition) is 2. The van der Waals surface area contributed by atoms with E-state index in [-0.39, 0.29) is 11.7 Å². The summed E-state index contributed by atoms with van der Waals surface area (Å²) >= 11 is 0. The second-order valence-electron chi connectivity index (χ2n) is 4.66. The Hall–Kier alpha value is -0.860. The minimum absolute atomic E-state index is 0.175. The number of rotatable bonds is 1. The van der Waals surface area contributed by atoms with Crippen molar-refractivity contribution in [2.45, 2.75) is 32.5 Å². The van der Waals surface area contributed by atoms with Crippen LogP contribution in [-0.2, 0) is 10.3 Å². The van der Waals surface area contributed by atoms with Crippen LogP contribution in [0.2, 0.25) is 0 Å². The number of benzene rings is 1. The molecule has 0 spiro atoms. The van der Waals surface area contributed by atoms with E-state index in [4.69, 9.17) is 4.74 Å². The number of hydrogen-bond donors (Lipinski definition) is 1. The smallest absolute Gasteiger partial charge is 0.103 e. The molecule has 0 radical (unpaired) electrons. The van der Waals surface area contributed by atoms with Crippen LogP contribution in [-0.4, -0.2) is 19.2 Å². The van der Waals surface area contributed by atoms with E-state index in [1.165, 1.54) is 11.1 Å². The topological polar surface area (TPSA) is 21.3 Å². The van der Waals surface area contributed by atoms with Gasteiger partial charge in [-0.2, -0.15) is 0 Å². The van der Waals surface area contributed by atoms with Crippen LogP contribution in [0.3, 0.4) is 0 Å². The molecule has 15 heavy (non-hydrogen) atoms. The first-order valence-corrected chi connectivity index (χ1v) is 5.56. The van der Waals surface area contributed by atoms with E-state index >= 15 is 0 Å². The van der Waals surface area contributed by atoms with Crippen molar-refractivity contribution in [1.82, 2.24) is 5.32 Å². The molecule has 0 unspecified atom stereocenters. The van der Waals surface area contributed by atoms with Crippen LogP contribution in [0.15, 0.2) is 24.3 Å². The molecule has 1 N–H and O–H groups in total. The number of nitrogens with one attached hydrogen (secondary N) is 1. The minimum Gasteiger partial charge on any atom is -0.365 e. The van der Waals surface area contributed by atoms with Gasteiger partial charge in [-0.1, -0.05) is 29.8 Å². The van der Waals surface area contributed by atoms with E-state index in [0.29, 0.717) is 0 Å². The Bertz CT molecular complexity index is 333. The third-order valence-corrected chi connectivity index (χ3v) is 3.02. The summed E-state index contributed by atoms with van der Waals surface area (Å²) in [6.07, 6.45) is 0.282. The zero-order chi connectivity index (χ0) is 10.9. The van der Waals surface area contributed by atoms with E-state index in [9.17, 15) is 0 Å². The molecule has 1 aliphatic heterocycles. The molecule has 2 nitrogen and oxygen atoms in total. The molecule has 2 rings (SSSR count). The van der Waals surface area contributed by atoms with Crippen molar-refractivity contribution in [3.8, 4) is 0 Å². The highest BCUT2D eigenvalue weighted by atomic mass is 16.5. The highest BCUT2D eigenvalue weighted by Crippen LogP contribution is 2.28. The summed E-state index contributed by atoms with van der Waals surface area (Å²) in [7, 11) is 0. The maximum absolute atomic E-state index is 6.04. The van der Waals surface area contributed by atoms with E-state index < -0.39 is 0 Å². The maximum atomic E-state index is 6.04. The van der Waals surface area contributed by atoms with Crippen molar-refractivity contribution >= 4 is 0 Å². The predicted molar refractivity (Wildman–Crippen MR) is 61.9 cm³/mol. The first-order chi connectivity index (χ1) is 7.10. The molecule has 1 fully saturated rings. The molecule has 0 bridgehead atoms. The quantitative estimate of drug-likeness (QED) is 0.759. The first-order valence-electron chi connectivity index (χ1n) is 5.56. The van der Waals surface area contributed by atoms with Crippen molar-refractivity contribution in [3.63, 3.8) is 0 Å². The van der Waals surface area contributed by atoms with Crippen molar-refractivity contribution in [2.75, 3.05) is 13.1 Å². The fourth-order valence-corrected chi connectivity index (χ4v) is 2.12. The Morgan fingerprint density at radius 1 is 1.33 bits per heavy atom. The van der Waals surface area contributed by atoms with Gasteiger partial charge in [0.15, 0.2) is 0 Å². The van der Waals surface area contributed by atoms with Crippen LogP contribution in [0, 0.1) is 6.92 Å². The molecule has 0 saturated carbocycles. The molecular weight excluding hydrogens is 186 g/mol. The molecule has 1 saturated heterocycles. The van der Waals surface area contributed by atoms with Crippen LogP contribution in [0.5, 0.6) is 0 Å². The normalized spacial score (nSPS) is 31.5. The lowest BCUT2D eigenvalue weighted by molar-refractivity contribution is -0.102. The fraction of sp³-hybridized carbons (Fsp3) is 0.538. The summed E-state index contributed by atoms with van der Waals surface area (Å²) in [6.45, 7) is 8.20. The van der Waals surface area contributed by atoms with E-state index in [2.05, 4.69) is 50.4 Å². The second kappa shape index (κ2) is 3.95. The summed E-state index contributed by atoms with van der Waals surface area (Å²) in [5, 5.41) is 3.41. The number of aryl methyl sites for hydroxylation is 1. The Balaban J connectivity index is 2.24. The molecule has 0 aromatic heterocycles. The standard InChI is InChI=1S/C13H19NO/c1-10-4-6-12(7-5-10)13(3)9-14-8-11(2)15-13/h4-7,11,14H,8-9H2,1-3H3/t11-,13+/m0/s1. The maximum Gasteiger partial charge on any atom is 0.103 e. The molecule has 82 valence electrons. The van der Waals surface area contributed by atoms with Gasteiger partial charge in [0.1, 0.15) is 5.60 Å². The van der Waals surface area contributed by atoms with Crippen LogP contribution in [0.4, 0.5) is 0 Å². The third-order valence-electron chi connectivity index (χ3n) is 3.02. The average molecular weight is 205 g/mol. The van der Waals surface area contributed by atoms with E-state index in [0.717, 1.165) is 13.1 Å². The van der Waals surface area contributed by atoms with Gasteiger partial charge in [0.25, 0.3) is 0 Å². The Labute approximate surface area is 91.6 Å². The molecule has 1 aliphatic rings. The van der Waals surface area contributed by atoms with E-state index in [1.54, 1.807) is 0 Å². The van der Waals surface area contributed by atoms with Crippen molar-refractivity contribution in [1.29, 1.82) is 0 Å². The Morgan fingerprint density at radius 2 is 2.00 bits per heavy atom. The minimum atomic E-state index is -0.175. The van der Waals surface area contributed by atoms with Crippen molar-refractivity contribution < 1.29 is 4.74 Å². The number of ether oxygens (including phenoxy) is 1. The monoisotopic (exact) mass is 205 g/mol. The van der Waals surface area contributed by atoms with Gasteiger partial charge in [0.2, 0.25) is 0 Å². The van der Waals surface area contributed by atoms with E-state index in [1.807, 2.05) is 0 Å². The zero-order valence-electron chi connectivity index (χ0n) is 9.71. The van der Waals surface area contributed by atoms with Crippen LogP contribution < -0.4 is 5.32 Å². The van der Waals surface area contributed by atoms with Crippen molar-refractivity contribution in [3.05, 3.63) is 35.4 Å². The predicted octanol–water partition coefficient (Wildman–Crippen LogP) is 2.22. The SMILES string of the molecule is Cc1ccc([C@@]2(C)CNC[C@H](C)O2)cc1. The van der Waals surface area contributed by atoms with Crippen molar-refractivity contribution in [2.24, 2.45) is 0 Å². The van der Waals surface area contributed by atoms with Crippen LogP contribution >= 0.6 is 0 Å². The lowest BCUT2D eigenvalue weighted by atomic mass is 9.93. The lowest BCUT2D eigenvalue weighted by Crippen LogP contribution is -2.49. The summed E-state index contributed by atoms with van der Waals surface area (Å²) in [5.41, 5.74) is 2.37. The third kappa shape index (κ3) is 2.21. The lowest BCUT2D eigenvalue weighted by Gasteiger charge is -2.38. The summed E-state index contributed by atoms with van der Waals surface area (Å²) in [5.74, 6) is 0. The molecule has 1 aromatic carbocycles. The summed E-state index contributed by atoms with van der Waals surface area (Å²) in [6, 6.07) is 8.61. The second-order valence-corrected chi connectivity index (χ2v) is 4.66. The largest absolute Gasteiger partial charge is 0.365 e. The molecule has 0 aliphatic carbocycles. The molecule has 1 aromatic rings. The van der Waals surface area contributed by atoms with Gasteiger partial charge in [-0.3, -0.25) is 0 Å². The van der Waals surface area contributed by atoms with Gasteiger partial charge in [-0.15, -0.1) is 0 Å². The van der Waals surface area contributed by atoms with Gasteiger partial charge in [0.05, 0.1) is 6.10 Å². The molecule has 1 heterocycles. The van der Waals surface area contributed by atoms with Gasteiger partial charge >= 0.3 is 0 Å². The first kappa shape index (κ1) is 10.7. The highest BCUT2D eigenvalue weighted by molar-refractivity contribution is 5.27. The van der Waals surface area contributed by atoms with Gasteiger partial charge in [-0.05, 0) is 26.3 Å².